The minimum atomic E-state index is 0.503. The Kier molecular flexibility index (Phi) is 3.43. The van der Waals surface area contributed by atoms with Crippen LogP contribution in [-0.4, -0.2) is 13.1 Å². The van der Waals surface area contributed by atoms with Crippen LogP contribution < -0.4 is 10.6 Å². The van der Waals surface area contributed by atoms with E-state index in [0.717, 1.165) is 13.1 Å². The molecule has 0 saturated carbocycles. The molecule has 1 fully saturated rings. The molecule has 94 valence electrons. The third kappa shape index (κ3) is 2.81. The van der Waals surface area contributed by atoms with Crippen LogP contribution in [0.1, 0.15) is 37.8 Å². The van der Waals surface area contributed by atoms with Crippen molar-refractivity contribution in [2.24, 2.45) is 11.1 Å². The number of aryl methyl sites for hydroxylation is 1. The fourth-order valence-electron chi connectivity index (χ4n) is 2.49. The number of anilines is 1. The van der Waals surface area contributed by atoms with E-state index in [-0.39, 0.29) is 0 Å². The first-order chi connectivity index (χ1) is 8.02. The number of nitrogens with two attached hydrogens (primary N) is 1. The van der Waals surface area contributed by atoms with E-state index >= 15 is 0 Å². The number of benzene rings is 1. The largest absolute Gasteiger partial charge is 0.371 e. The second-order valence-corrected chi connectivity index (χ2v) is 5.99. The molecular formula is C15H24N2. The summed E-state index contributed by atoms with van der Waals surface area (Å²) in [7, 11) is 0. The summed E-state index contributed by atoms with van der Waals surface area (Å²) < 4.78 is 0. The molecule has 0 unspecified atom stereocenters. The van der Waals surface area contributed by atoms with Gasteiger partial charge in [-0.1, -0.05) is 26.0 Å². The predicted octanol–water partition coefficient (Wildman–Crippen LogP) is 3.08. The second-order valence-electron chi connectivity index (χ2n) is 5.99. The summed E-state index contributed by atoms with van der Waals surface area (Å²) in [5.74, 6) is 0. The van der Waals surface area contributed by atoms with Gasteiger partial charge >= 0.3 is 0 Å². The summed E-state index contributed by atoms with van der Waals surface area (Å²) in [6, 6.07) is 6.60. The Labute approximate surface area is 105 Å². The highest BCUT2D eigenvalue weighted by atomic mass is 15.1. The Morgan fingerprint density at radius 1 is 1.24 bits per heavy atom. The van der Waals surface area contributed by atoms with Crippen molar-refractivity contribution in [1.82, 2.24) is 0 Å². The minimum absolute atomic E-state index is 0.503. The maximum absolute atomic E-state index is 5.83. The average Bonchev–Trinajstić information content (AvgIpc) is 2.29. The van der Waals surface area contributed by atoms with Crippen molar-refractivity contribution in [3.8, 4) is 0 Å². The van der Waals surface area contributed by atoms with Gasteiger partial charge in [-0.3, -0.25) is 0 Å². The summed E-state index contributed by atoms with van der Waals surface area (Å²) in [4.78, 5) is 2.50. The highest BCUT2D eigenvalue weighted by Gasteiger charge is 2.26. The van der Waals surface area contributed by atoms with E-state index in [2.05, 4.69) is 43.9 Å². The van der Waals surface area contributed by atoms with E-state index in [9.17, 15) is 0 Å². The smallest absolute Gasteiger partial charge is 0.0414 e. The lowest BCUT2D eigenvalue weighted by Crippen LogP contribution is -2.37. The number of nitrogens with zero attached hydrogens (tertiary/aromatic N) is 1. The Balaban J connectivity index is 2.20. The van der Waals surface area contributed by atoms with E-state index in [1.165, 1.54) is 29.7 Å². The lowest BCUT2D eigenvalue weighted by Gasteiger charge is -2.39. The lowest BCUT2D eigenvalue weighted by atomic mass is 9.82. The van der Waals surface area contributed by atoms with E-state index in [4.69, 9.17) is 5.73 Å². The molecule has 1 aliphatic rings. The van der Waals surface area contributed by atoms with Crippen molar-refractivity contribution >= 4 is 5.69 Å². The Morgan fingerprint density at radius 3 is 2.47 bits per heavy atom. The summed E-state index contributed by atoms with van der Waals surface area (Å²) >= 11 is 0. The Bertz CT molecular complexity index is 386. The molecule has 0 atom stereocenters. The molecule has 1 heterocycles. The van der Waals surface area contributed by atoms with Crippen molar-refractivity contribution in [2.45, 2.75) is 40.2 Å². The molecule has 1 aromatic rings. The third-order valence-electron chi connectivity index (χ3n) is 3.92. The Morgan fingerprint density at radius 2 is 1.88 bits per heavy atom. The molecule has 1 aliphatic heterocycles. The molecule has 2 heteroatoms. The van der Waals surface area contributed by atoms with Gasteiger partial charge in [0.2, 0.25) is 0 Å². The molecule has 0 radical (unpaired) electrons. The molecule has 0 amide bonds. The van der Waals surface area contributed by atoms with Crippen molar-refractivity contribution < 1.29 is 0 Å². The van der Waals surface area contributed by atoms with Crippen LogP contribution in [-0.2, 0) is 6.54 Å². The molecule has 0 bridgehead atoms. The summed E-state index contributed by atoms with van der Waals surface area (Å²) in [6.45, 7) is 9.83. The first-order valence-electron chi connectivity index (χ1n) is 6.56. The number of hydrogen-bond acceptors (Lipinski definition) is 2. The van der Waals surface area contributed by atoms with Crippen LogP contribution in [0.3, 0.4) is 0 Å². The van der Waals surface area contributed by atoms with Gasteiger partial charge in [0.1, 0.15) is 0 Å². The number of hydrogen-bond donors (Lipinski definition) is 1. The monoisotopic (exact) mass is 232 g/mol. The van der Waals surface area contributed by atoms with Crippen LogP contribution in [0.25, 0.3) is 0 Å². The van der Waals surface area contributed by atoms with Gasteiger partial charge in [0.25, 0.3) is 0 Å². The van der Waals surface area contributed by atoms with Crippen LogP contribution in [0.5, 0.6) is 0 Å². The highest BCUT2D eigenvalue weighted by molar-refractivity contribution is 5.55. The summed E-state index contributed by atoms with van der Waals surface area (Å²) in [6.07, 6.45) is 2.54. The molecule has 17 heavy (non-hydrogen) atoms. The van der Waals surface area contributed by atoms with Gasteiger partial charge in [-0.2, -0.15) is 0 Å². The van der Waals surface area contributed by atoms with Gasteiger partial charge in [0.15, 0.2) is 0 Å². The Hall–Kier alpha value is -1.02. The summed E-state index contributed by atoms with van der Waals surface area (Å²) in [5, 5.41) is 0. The topological polar surface area (TPSA) is 29.3 Å². The second kappa shape index (κ2) is 4.69. The van der Waals surface area contributed by atoms with Gasteiger partial charge in [0, 0.05) is 25.3 Å². The highest BCUT2D eigenvalue weighted by Crippen LogP contribution is 2.33. The SMILES string of the molecule is Cc1ccc(CN)c(N2CCC(C)(C)CC2)c1. The third-order valence-corrected chi connectivity index (χ3v) is 3.92. The first kappa shape index (κ1) is 12.4. The molecule has 0 aromatic heterocycles. The zero-order valence-corrected chi connectivity index (χ0v) is 11.3. The van der Waals surface area contributed by atoms with Crippen LogP contribution in [0.2, 0.25) is 0 Å². The van der Waals surface area contributed by atoms with Crippen molar-refractivity contribution in [3.63, 3.8) is 0 Å². The van der Waals surface area contributed by atoms with E-state index in [1.807, 2.05) is 0 Å². The predicted molar refractivity (Wildman–Crippen MR) is 74.3 cm³/mol. The van der Waals surface area contributed by atoms with E-state index in [0.29, 0.717) is 12.0 Å². The van der Waals surface area contributed by atoms with Crippen molar-refractivity contribution in [2.75, 3.05) is 18.0 Å². The number of piperidine rings is 1. The first-order valence-corrected chi connectivity index (χ1v) is 6.56. The van der Waals surface area contributed by atoms with E-state index < -0.39 is 0 Å². The summed E-state index contributed by atoms with van der Waals surface area (Å²) in [5.41, 5.74) is 10.3. The lowest BCUT2D eigenvalue weighted by molar-refractivity contribution is 0.279. The number of rotatable bonds is 2. The van der Waals surface area contributed by atoms with Gasteiger partial charge in [-0.25, -0.2) is 0 Å². The molecule has 0 spiro atoms. The fraction of sp³-hybridized carbons (Fsp3) is 0.600. The van der Waals surface area contributed by atoms with Gasteiger partial charge in [0.05, 0.1) is 0 Å². The molecule has 1 saturated heterocycles. The standard InChI is InChI=1S/C15H24N2/c1-12-4-5-13(11-16)14(10-12)17-8-6-15(2,3)7-9-17/h4-5,10H,6-9,11,16H2,1-3H3. The van der Waals surface area contributed by atoms with Gasteiger partial charge < -0.3 is 10.6 Å². The zero-order chi connectivity index (χ0) is 12.5. The molecule has 0 aliphatic carbocycles. The van der Waals surface area contributed by atoms with Crippen molar-refractivity contribution in [3.05, 3.63) is 29.3 Å². The van der Waals surface area contributed by atoms with Crippen LogP contribution in [0, 0.1) is 12.3 Å². The fourth-order valence-corrected chi connectivity index (χ4v) is 2.49. The zero-order valence-electron chi connectivity index (χ0n) is 11.3. The molecule has 2 nitrogen and oxygen atoms in total. The molecule has 1 aromatic carbocycles. The average molecular weight is 232 g/mol. The van der Waals surface area contributed by atoms with E-state index in [1.54, 1.807) is 0 Å². The van der Waals surface area contributed by atoms with Gasteiger partial charge in [-0.05, 0) is 42.4 Å². The normalized spacial score (nSPS) is 19.4. The maximum atomic E-state index is 5.83. The van der Waals surface area contributed by atoms with Crippen LogP contribution in [0.15, 0.2) is 18.2 Å². The van der Waals surface area contributed by atoms with Crippen LogP contribution in [0.4, 0.5) is 5.69 Å². The molecule has 2 rings (SSSR count). The van der Waals surface area contributed by atoms with Crippen molar-refractivity contribution in [1.29, 1.82) is 0 Å². The van der Waals surface area contributed by atoms with Crippen LogP contribution >= 0.6 is 0 Å². The minimum Gasteiger partial charge on any atom is -0.371 e. The maximum Gasteiger partial charge on any atom is 0.0414 e. The molecule has 2 N–H and O–H groups in total. The molecular weight excluding hydrogens is 208 g/mol. The quantitative estimate of drug-likeness (QED) is 0.849. The van der Waals surface area contributed by atoms with Gasteiger partial charge in [-0.15, -0.1) is 0 Å².